The molecule has 0 unspecified atom stereocenters. The lowest BCUT2D eigenvalue weighted by atomic mass is 9.75. The molecule has 3 rings (SSSR count). The Labute approximate surface area is 151 Å². The molecule has 2 atom stereocenters. The van der Waals surface area contributed by atoms with Crippen LogP contribution < -0.4 is 5.43 Å². The maximum atomic E-state index is 12.6. The second kappa shape index (κ2) is 7.77. The molecule has 2 aromatic rings. The monoisotopic (exact) mass is 358 g/mol. The molecule has 5 heteroatoms. The van der Waals surface area contributed by atoms with Crippen LogP contribution in [0.5, 0.6) is 0 Å². The molecule has 1 aliphatic rings. The minimum atomic E-state index is -0.115. The number of halogens is 1. The van der Waals surface area contributed by atoms with Gasteiger partial charge in [0.2, 0.25) is 5.91 Å². The Balaban J connectivity index is 1.73. The van der Waals surface area contributed by atoms with Gasteiger partial charge < -0.3 is 0 Å². The highest BCUT2D eigenvalue weighted by Gasteiger charge is 2.31. The van der Waals surface area contributed by atoms with E-state index in [2.05, 4.69) is 23.5 Å². The van der Waals surface area contributed by atoms with Crippen molar-refractivity contribution in [3.63, 3.8) is 0 Å². The number of carbonyl (C=O) groups is 1. The Morgan fingerprint density at radius 2 is 2.12 bits per heavy atom. The number of nitrogens with zero attached hydrogens (tertiary/aromatic N) is 1. The number of nitrogens with one attached hydrogen (secondary N) is 1. The third-order valence-corrected chi connectivity index (χ3v) is 5.35. The van der Waals surface area contributed by atoms with Crippen LogP contribution in [0.3, 0.4) is 0 Å². The van der Waals surface area contributed by atoms with Crippen molar-refractivity contribution in [3.8, 4) is 0 Å². The molecule has 1 aliphatic carbocycles. The zero-order chi connectivity index (χ0) is 16.9. The van der Waals surface area contributed by atoms with Crippen LogP contribution in [0, 0.1) is 5.92 Å². The van der Waals surface area contributed by atoms with Crippen LogP contribution in [-0.4, -0.2) is 12.1 Å². The van der Waals surface area contributed by atoms with E-state index < -0.39 is 0 Å². The van der Waals surface area contributed by atoms with E-state index in [1.165, 1.54) is 5.57 Å². The molecule has 1 aromatic carbocycles. The first-order valence-corrected chi connectivity index (χ1v) is 9.17. The van der Waals surface area contributed by atoms with Crippen molar-refractivity contribution in [3.05, 3.63) is 68.9 Å². The number of benzene rings is 1. The summed E-state index contributed by atoms with van der Waals surface area (Å²) in [4.78, 5) is 13.6. The fourth-order valence-corrected chi connectivity index (χ4v) is 3.73. The van der Waals surface area contributed by atoms with Crippen molar-refractivity contribution in [2.24, 2.45) is 11.0 Å². The van der Waals surface area contributed by atoms with Crippen molar-refractivity contribution in [1.29, 1.82) is 0 Å². The highest BCUT2D eigenvalue weighted by atomic mass is 35.5. The number of allylic oxidation sites excluding steroid dienone is 2. The topological polar surface area (TPSA) is 41.5 Å². The molecule has 3 nitrogen and oxygen atoms in total. The van der Waals surface area contributed by atoms with Crippen LogP contribution in [0.4, 0.5) is 0 Å². The standard InChI is InChI=1S/C19H19ClN2OS/c1-13-4-9-17(18(11-13)14-5-7-15(20)8-6-14)19(23)22-21-12-16-3-2-10-24-16/h2-8,10,12,17-18H,9,11H2,1H3,(H,22,23)/b21-12-/t17-,18-/m1/s1. The lowest BCUT2D eigenvalue weighted by molar-refractivity contribution is -0.125. The molecular weight excluding hydrogens is 340 g/mol. The third-order valence-electron chi connectivity index (χ3n) is 4.29. The SMILES string of the molecule is CC1=CC[C@@H](C(=O)N/N=C\c2cccs2)[C@@H](c2ccc(Cl)cc2)C1. The van der Waals surface area contributed by atoms with Gasteiger partial charge in [0, 0.05) is 9.90 Å². The van der Waals surface area contributed by atoms with Gasteiger partial charge in [-0.3, -0.25) is 4.79 Å². The Morgan fingerprint density at radius 1 is 1.33 bits per heavy atom. The first-order valence-electron chi connectivity index (χ1n) is 7.91. The summed E-state index contributed by atoms with van der Waals surface area (Å²) in [6.45, 7) is 2.12. The van der Waals surface area contributed by atoms with E-state index in [-0.39, 0.29) is 17.7 Å². The summed E-state index contributed by atoms with van der Waals surface area (Å²) < 4.78 is 0. The summed E-state index contributed by atoms with van der Waals surface area (Å²) >= 11 is 7.57. The van der Waals surface area contributed by atoms with Crippen molar-refractivity contribution < 1.29 is 4.79 Å². The normalized spacial score (nSPS) is 20.8. The molecule has 1 N–H and O–H groups in total. The highest BCUT2D eigenvalue weighted by molar-refractivity contribution is 7.11. The Bertz CT molecular complexity index is 750. The summed E-state index contributed by atoms with van der Waals surface area (Å²) in [5, 5.41) is 6.79. The molecule has 24 heavy (non-hydrogen) atoms. The fourth-order valence-electron chi connectivity index (χ4n) is 3.02. The molecule has 0 fully saturated rings. The van der Waals surface area contributed by atoms with Gasteiger partial charge in [-0.15, -0.1) is 11.3 Å². The summed E-state index contributed by atoms with van der Waals surface area (Å²) in [7, 11) is 0. The number of rotatable bonds is 4. The van der Waals surface area contributed by atoms with Gasteiger partial charge in [0.25, 0.3) is 0 Å². The zero-order valence-corrected chi connectivity index (χ0v) is 15.0. The minimum absolute atomic E-state index is 0.0356. The Hall–Kier alpha value is -1.91. The van der Waals surface area contributed by atoms with Crippen LogP contribution in [0.15, 0.2) is 58.5 Å². The van der Waals surface area contributed by atoms with Gasteiger partial charge in [-0.1, -0.05) is 41.4 Å². The largest absolute Gasteiger partial charge is 0.273 e. The number of hydrogen-bond acceptors (Lipinski definition) is 3. The summed E-state index contributed by atoms with van der Waals surface area (Å²) in [6.07, 6.45) is 5.46. The van der Waals surface area contributed by atoms with E-state index in [1.54, 1.807) is 17.6 Å². The first kappa shape index (κ1) is 16.9. The summed E-state index contributed by atoms with van der Waals surface area (Å²) in [5.74, 6) is 0.00562. The molecule has 0 saturated heterocycles. The maximum Gasteiger partial charge on any atom is 0.244 e. The van der Waals surface area contributed by atoms with Gasteiger partial charge in [0.15, 0.2) is 0 Å². The van der Waals surface area contributed by atoms with Crippen LogP contribution in [0.1, 0.15) is 36.1 Å². The van der Waals surface area contributed by atoms with Crippen LogP contribution in [-0.2, 0) is 4.79 Å². The van der Waals surface area contributed by atoms with E-state index in [1.807, 2.05) is 41.8 Å². The van der Waals surface area contributed by atoms with E-state index in [4.69, 9.17) is 11.6 Å². The number of carbonyl (C=O) groups excluding carboxylic acids is 1. The lowest BCUT2D eigenvalue weighted by Crippen LogP contribution is -2.32. The average molecular weight is 359 g/mol. The van der Waals surface area contributed by atoms with Crippen LogP contribution in [0.2, 0.25) is 5.02 Å². The molecular formula is C19H19ClN2OS. The van der Waals surface area contributed by atoms with Gasteiger partial charge in [-0.2, -0.15) is 5.10 Å². The molecule has 0 spiro atoms. The number of amides is 1. The molecule has 0 saturated carbocycles. The molecule has 0 bridgehead atoms. The van der Waals surface area contributed by atoms with E-state index in [0.717, 1.165) is 23.3 Å². The molecule has 1 heterocycles. The maximum absolute atomic E-state index is 12.6. The van der Waals surface area contributed by atoms with E-state index in [0.29, 0.717) is 5.02 Å². The van der Waals surface area contributed by atoms with Gasteiger partial charge >= 0.3 is 0 Å². The quantitative estimate of drug-likeness (QED) is 0.467. The Morgan fingerprint density at radius 3 is 2.83 bits per heavy atom. The first-order chi connectivity index (χ1) is 11.6. The fraction of sp³-hybridized carbons (Fsp3) is 0.263. The smallest absolute Gasteiger partial charge is 0.244 e. The second-order valence-electron chi connectivity index (χ2n) is 6.00. The number of hydrazone groups is 1. The van der Waals surface area contributed by atoms with Crippen molar-refractivity contribution in [1.82, 2.24) is 5.43 Å². The molecule has 0 aliphatic heterocycles. The minimum Gasteiger partial charge on any atom is -0.273 e. The van der Waals surface area contributed by atoms with Crippen molar-refractivity contribution in [2.75, 3.05) is 0 Å². The summed E-state index contributed by atoms with van der Waals surface area (Å²) in [5.41, 5.74) is 5.17. The van der Waals surface area contributed by atoms with Crippen LogP contribution >= 0.6 is 22.9 Å². The molecule has 124 valence electrons. The van der Waals surface area contributed by atoms with Crippen LogP contribution in [0.25, 0.3) is 0 Å². The van der Waals surface area contributed by atoms with Gasteiger partial charge in [-0.25, -0.2) is 5.43 Å². The molecule has 1 amide bonds. The predicted molar refractivity (Wildman–Crippen MR) is 101 cm³/mol. The Kier molecular flexibility index (Phi) is 5.48. The van der Waals surface area contributed by atoms with Gasteiger partial charge in [0.05, 0.1) is 12.1 Å². The molecule has 1 aromatic heterocycles. The lowest BCUT2D eigenvalue weighted by Gasteiger charge is -2.29. The average Bonchev–Trinajstić information content (AvgIpc) is 3.09. The van der Waals surface area contributed by atoms with Gasteiger partial charge in [-0.05, 0) is 54.8 Å². The number of hydrogen-bond donors (Lipinski definition) is 1. The van der Waals surface area contributed by atoms with E-state index in [9.17, 15) is 4.79 Å². The van der Waals surface area contributed by atoms with Gasteiger partial charge in [0.1, 0.15) is 0 Å². The highest BCUT2D eigenvalue weighted by Crippen LogP contribution is 2.38. The summed E-state index contributed by atoms with van der Waals surface area (Å²) in [6, 6.07) is 11.7. The number of thiophene rings is 1. The molecule has 0 radical (unpaired) electrons. The predicted octanol–water partition coefficient (Wildman–Crippen LogP) is 4.99. The second-order valence-corrected chi connectivity index (χ2v) is 7.42. The van der Waals surface area contributed by atoms with Crippen molar-refractivity contribution >= 4 is 35.1 Å². The van der Waals surface area contributed by atoms with Crippen molar-refractivity contribution in [2.45, 2.75) is 25.7 Å². The zero-order valence-electron chi connectivity index (χ0n) is 13.4. The third kappa shape index (κ3) is 4.13. The van der Waals surface area contributed by atoms with E-state index >= 15 is 0 Å².